The quantitative estimate of drug-likeness (QED) is 0.273. The number of hydrogen-bond donors (Lipinski definition) is 1. The fourth-order valence-corrected chi connectivity index (χ4v) is 7.26. The average Bonchev–Trinajstić information content (AvgIpc) is 3.47. The molecule has 224 valence electrons. The molecule has 1 spiro atoms. The van der Waals surface area contributed by atoms with Crippen LogP contribution >= 0.6 is 0 Å². The molecule has 0 radical (unpaired) electrons. The number of carbonyl (C=O) groups excluding carboxylic acids is 3. The number of hydrogen-bond acceptors (Lipinski definition) is 6. The van der Waals surface area contributed by atoms with Crippen molar-refractivity contribution < 1.29 is 29.0 Å². The van der Waals surface area contributed by atoms with Gasteiger partial charge in [0.15, 0.2) is 0 Å². The standard InChI is InChI=1S/C32H45N3O6/c1-7-17-33(5)28(37)25-26-29(38)35(19-11-9-10-12-20-36)27(32(26)21-22(3)31(25,4)41-32)30(39)34(18-8-2)23-13-15-24(40-6)16-14-23/h7-8,13-16,22,25-27,36H,1-2,9-12,17-21H2,3-6H3/t22?,25-,26-,27?,31+,32?/m0/s1. The van der Waals surface area contributed by atoms with Gasteiger partial charge in [-0.15, -0.1) is 13.2 Å². The zero-order valence-corrected chi connectivity index (χ0v) is 24.9. The predicted molar refractivity (Wildman–Crippen MR) is 157 cm³/mol. The zero-order valence-electron chi connectivity index (χ0n) is 24.9. The zero-order chi connectivity index (χ0) is 29.9. The van der Waals surface area contributed by atoms with Crippen LogP contribution in [0.25, 0.3) is 0 Å². The first-order chi connectivity index (χ1) is 19.6. The summed E-state index contributed by atoms with van der Waals surface area (Å²) in [6.07, 6.45) is 6.87. The van der Waals surface area contributed by atoms with Crippen molar-refractivity contribution in [2.24, 2.45) is 17.8 Å². The number of nitrogens with zero attached hydrogens (tertiary/aromatic N) is 3. The van der Waals surface area contributed by atoms with Gasteiger partial charge in [0.1, 0.15) is 17.4 Å². The third kappa shape index (κ3) is 5.18. The molecule has 3 saturated heterocycles. The van der Waals surface area contributed by atoms with E-state index in [9.17, 15) is 19.5 Å². The van der Waals surface area contributed by atoms with Gasteiger partial charge in [-0.3, -0.25) is 14.4 Å². The van der Waals surface area contributed by atoms with Crippen molar-refractivity contribution in [1.29, 1.82) is 0 Å². The number of amides is 3. The number of likely N-dealkylation sites (tertiary alicyclic amines) is 1. The molecule has 41 heavy (non-hydrogen) atoms. The number of ether oxygens (including phenoxy) is 2. The van der Waals surface area contributed by atoms with Crippen LogP contribution in [0.2, 0.25) is 0 Å². The van der Waals surface area contributed by atoms with Crippen LogP contribution in [0.5, 0.6) is 5.75 Å². The maximum Gasteiger partial charge on any atom is 0.253 e. The molecule has 9 nitrogen and oxygen atoms in total. The minimum Gasteiger partial charge on any atom is -0.497 e. The third-order valence-electron chi connectivity index (χ3n) is 9.36. The Balaban J connectivity index is 1.77. The predicted octanol–water partition coefficient (Wildman–Crippen LogP) is 3.42. The number of benzene rings is 1. The number of unbranched alkanes of at least 4 members (excludes halogenated alkanes) is 3. The Kier molecular flexibility index (Phi) is 9.29. The third-order valence-corrected chi connectivity index (χ3v) is 9.36. The van der Waals surface area contributed by atoms with Gasteiger partial charge >= 0.3 is 0 Å². The molecule has 3 unspecified atom stereocenters. The van der Waals surface area contributed by atoms with Gasteiger partial charge in [-0.1, -0.05) is 31.9 Å². The van der Waals surface area contributed by atoms with Crippen molar-refractivity contribution in [3.05, 3.63) is 49.6 Å². The second-order valence-corrected chi connectivity index (χ2v) is 11.8. The van der Waals surface area contributed by atoms with Crippen LogP contribution < -0.4 is 9.64 Å². The summed E-state index contributed by atoms with van der Waals surface area (Å²) in [7, 11) is 3.30. The molecule has 2 bridgehead atoms. The highest BCUT2D eigenvalue weighted by Gasteiger charge is 2.80. The van der Waals surface area contributed by atoms with Crippen molar-refractivity contribution in [2.75, 3.05) is 45.3 Å². The highest BCUT2D eigenvalue weighted by Crippen LogP contribution is 2.65. The van der Waals surface area contributed by atoms with Gasteiger partial charge in [0.25, 0.3) is 5.91 Å². The lowest BCUT2D eigenvalue weighted by Gasteiger charge is -2.38. The molecule has 3 amide bonds. The summed E-state index contributed by atoms with van der Waals surface area (Å²) in [5, 5.41) is 9.19. The summed E-state index contributed by atoms with van der Waals surface area (Å²) in [5.74, 6) is -1.42. The fraction of sp³-hybridized carbons (Fsp3) is 0.594. The van der Waals surface area contributed by atoms with Gasteiger partial charge in [0, 0.05) is 39.0 Å². The minimum absolute atomic E-state index is 0.0359. The molecule has 1 N–H and O–H groups in total. The number of methoxy groups -OCH3 is 1. The Morgan fingerprint density at radius 1 is 1.12 bits per heavy atom. The van der Waals surface area contributed by atoms with E-state index in [1.165, 1.54) is 0 Å². The second-order valence-electron chi connectivity index (χ2n) is 11.8. The Hall–Kier alpha value is -3.17. The molecule has 3 fully saturated rings. The van der Waals surface area contributed by atoms with E-state index in [1.54, 1.807) is 53.1 Å². The van der Waals surface area contributed by atoms with Crippen LogP contribution in [-0.2, 0) is 19.1 Å². The second kappa shape index (κ2) is 12.4. The van der Waals surface area contributed by atoms with Crippen molar-refractivity contribution in [1.82, 2.24) is 9.80 Å². The molecule has 3 aliphatic rings. The van der Waals surface area contributed by atoms with Crippen LogP contribution in [0, 0.1) is 17.8 Å². The van der Waals surface area contributed by atoms with Crippen LogP contribution in [0.4, 0.5) is 5.69 Å². The molecule has 0 aliphatic carbocycles. The van der Waals surface area contributed by atoms with E-state index in [4.69, 9.17) is 9.47 Å². The van der Waals surface area contributed by atoms with Crippen molar-refractivity contribution in [3.8, 4) is 5.75 Å². The highest BCUT2D eigenvalue weighted by molar-refractivity contribution is 6.05. The minimum atomic E-state index is -1.12. The first-order valence-electron chi connectivity index (χ1n) is 14.6. The molecular weight excluding hydrogens is 522 g/mol. The fourth-order valence-electron chi connectivity index (χ4n) is 7.26. The summed E-state index contributed by atoms with van der Waals surface area (Å²) < 4.78 is 12.2. The number of anilines is 1. The molecule has 0 aromatic heterocycles. The number of aliphatic hydroxyl groups excluding tert-OH is 1. The van der Waals surface area contributed by atoms with Crippen molar-refractivity contribution in [2.45, 2.75) is 63.2 Å². The van der Waals surface area contributed by atoms with E-state index in [0.717, 1.165) is 12.8 Å². The smallest absolute Gasteiger partial charge is 0.253 e. The van der Waals surface area contributed by atoms with Gasteiger partial charge in [0.2, 0.25) is 11.8 Å². The van der Waals surface area contributed by atoms with Gasteiger partial charge in [-0.05, 0) is 56.4 Å². The molecule has 6 atom stereocenters. The lowest BCUT2D eigenvalue weighted by Crippen LogP contribution is -2.57. The monoisotopic (exact) mass is 567 g/mol. The van der Waals surface area contributed by atoms with Crippen LogP contribution in [0.15, 0.2) is 49.6 Å². The summed E-state index contributed by atoms with van der Waals surface area (Å²) in [5.41, 5.74) is -1.33. The number of likely N-dealkylation sites (N-methyl/N-ethyl adjacent to an activating group) is 1. The van der Waals surface area contributed by atoms with E-state index in [1.807, 2.05) is 26.0 Å². The molecule has 1 aromatic carbocycles. The summed E-state index contributed by atoms with van der Waals surface area (Å²) in [6, 6.07) is 6.34. The molecule has 9 heteroatoms. The van der Waals surface area contributed by atoms with E-state index < -0.39 is 29.1 Å². The van der Waals surface area contributed by atoms with Crippen molar-refractivity contribution >= 4 is 23.4 Å². The maximum absolute atomic E-state index is 14.7. The van der Waals surface area contributed by atoms with Gasteiger partial charge in [-0.25, -0.2) is 0 Å². The van der Waals surface area contributed by atoms with Gasteiger partial charge in [0.05, 0.1) is 24.5 Å². The number of carbonyl (C=O) groups is 3. The molecule has 4 rings (SSSR count). The number of fused-ring (bicyclic) bond motifs is 1. The Morgan fingerprint density at radius 3 is 2.39 bits per heavy atom. The number of rotatable bonds is 14. The molecule has 3 aliphatic heterocycles. The van der Waals surface area contributed by atoms with Gasteiger partial charge < -0.3 is 29.3 Å². The van der Waals surface area contributed by atoms with Gasteiger partial charge in [-0.2, -0.15) is 0 Å². The SMILES string of the molecule is C=CCN(C)C(=O)[C@@H]1[C@H]2C(=O)N(CCCCCCO)C(C(=O)N(CC=C)c3ccc(OC)cc3)C23CC(C)[C@@]1(C)O3. The lowest BCUT2D eigenvalue weighted by atomic mass is 9.62. The average molecular weight is 568 g/mol. The highest BCUT2D eigenvalue weighted by atomic mass is 16.5. The largest absolute Gasteiger partial charge is 0.497 e. The normalized spacial score (nSPS) is 29.8. The van der Waals surface area contributed by atoms with Crippen LogP contribution in [0.1, 0.15) is 46.0 Å². The van der Waals surface area contributed by atoms with E-state index >= 15 is 0 Å². The summed E-state index contributed by atoms with van der Waals surface area (Å²) in [4.78, 5) is 47.8. The first-order valence-corrected chi connectivity index (χ1v) is 14.6. The Bertz CT molecular complexity index is 1150. The molecule has 1 aromatic rings. The molecule has 3 heterocycles. The summed E-state index contributed by atoms with van der Waals surface area (Å²) >= 11 is 0. The van der Waals surface area contributed by atoms with Crippen LogP contribution in [0.3, 0.4) is 0 Å². The van der Waals surface area contributed by atoms with E-state index in [-0.39, 0.29) is 36.8 Å². The molecule has 0 saturated carbocycles. The van der Waals surface area contributed by atoms with E-state index in [0.29, 0.717) is 43.8 Å². The number of aliphatic hydroxyl groups is 1. The van der Waals surface area contributed by atoms with E-state index in [2.05, 4.69) is 13.2 Å². The first kappa shape index (κ1) is 30.8. The lowest BCUT2D eigenvalue weighted by molar-refractivity contribution is -0.150. The maximum atomic E-state index is 14.7. The topological polar surface area (TPSA) is 99.6 Å². The van der Waals surface area contributed by atoms with Crippen LogP contribution in [-0.4, -0.2) is 90.3 Å². The summed E-state index contributed by atoms with van der Waals surface area (Å²) in [6.45, 7) is 12.7. The van der Waals surface area contributed by atoms with Crippen molar-refractivity contribution in [3.63, 3.8) is 0 Å². The Morgan fingerprint density at radius 2 is 1.78 bits per heavy atom. The molecular formula is C32H45N3O6. The Labute approximate surface area is 243 Å².